The Labute approximate surface area is 48.1 Å². The van der Waals surface area contributed by atoms with Crippen LogP contribution in [0.5, 0.6) is 0 Å². The molecule has 0 bridgehead atoms. The Kier molecular flexibility index (Phi) is 1.60. The van der Waals surface area contributed by atoms with E-state index in [2.05, 4.69) is 6.26 Å². The third kappa shape index (κ3) is 1.10. The van der Waals surface area contributed by atoms with Gasteiger partial charge in [0.1, 0.15) is 0 Å². The maximum absolute atomic E-state index is 8.74. The molecule has 0 aromatic heterocycles. The second-order valence-electron chi connectivity index (χ2n) is 1.98. The molecular weight excluding hydrogens is 108 g/mol. The van der Waals surface area contributed by atoms with Crippen LogP contribution in [-0.2, 0) is 0 Å². The second kappa shape index (κ2) is 2.05. The van der Waals surface area contributed by atoms with Gasteiger partial charge in [-0.1, -0.05) is 0 Å². The lowest BCUT2D eigenvalue weighted by Crippen LogP contribution is -2.30. The Morgan fingerprint density at radius 1 is 1.57 bits per heavy atom. The normalized spacial score (nSPS) is 40.3. The van der Waals surface area contributed by atoms with Gasteiger partial charge < -0.3 is 5.11 Å². The Bertz CT molecular complexity index is 59.1. The van der Waals surface area contributed by atoms with E-state index in [0.717, 1.165) is 18.1 Å². The number of hydrogen-bond acceptors (Lipinski definition) is 2. The molecule has 1 N–H and O–H groups in total. The van der Waals surface area contributed by atoms with Crippen molar-refractivity contribution >= 4 is 11.8 Å². The summed E-state index contributed by atoms with van der Waals surface area (Å²) in [6.45, 7) is 0. The molecule has 42 valence electrons. The molecule has 2 heteroatoms. The van der Waals surface area contributed by atoms with Crippen LogP contribution in [0.15, 0.2) is 0 Å². The van der Waals surface area contributed by atoms with Gasteiger partial charge in [0.05, 0.1) is 6.10 Å². The number of aliphatic hydroxyl groups is 1. The molecule has 0 heterocycles. The number of thioether (sulfide) groups is 1. The van der Waals surface area contributed by atoms with E-state index in [-0.39, 0.29) is 6.10 Å². The van der Waals surface area contributed by atoms with Crippen LogP contribution in [0.2, 0.25) is 0 Å². The van der Waals surface area contributed by atoms with Crippen LogP contribution >= 0.6 is 11.8 Å². The lowest BCUT2D eigenvalue weighted by Gasteiger charge is -2.29. The average Bonchev–Trinajstić information content (AvgIpc) is 1.58. The van der Waals surface area contributed by atoms with Gasteiger partial charge in [-0.2, -0.15) is 11.8 Å². The third-order valence-corrected chi connectivity index (χ3v) is 2.45. The molecule has 0 saturated heterocycles. The maximum atomic E-state index is 8.74. The molecule has 1 saturated carbocycles. The summed E-state index contributed by atoms with van der Waals surface area (Å²) in [5, 5.41) is 9.50. The summed E-state index contributed by atoms with van der Waals surface area (Å²) in [4.78, 5) is 0. The molecule has 0 aromatic carbocycles. The summed E-state index contributed by atoms with van der Waals surface area (Å²) in [6.07, 6.45) is 4.15. The van der Waals surface area contributed by atoms with Gasteiger partial charge in [-0.15, -0.1) is 0 Å². The first-order valence-electron chi connectivity index (χ1n) is 2.54. The molecule has 7 heavy (non-hydrogen) atoms. The van der Waals surface area contributed by atoms with E-state index in [0.29, 0.717) is 0 Å². The summed E-state index contributed by atoms with van der Waals surface area (Å²) < 4.78 is 0. The number of aliphatic hydroxyl groups excluding tert-OH is 1. The van der Waals surface area contributed by atoms with E-state index in [4.69, 9.17) is 5.11 Å². The molecule has 0 aromatic rings. The molecule has 0 spiro atoms. The summed E-state index contributed by atoms with van der Waals surface area (Å²) in [6, 6.07) is 0. The maximum Gasteiger partial charge on any atom is 0.0561 e. The van der Waals surface area contributed by atoms with Crippen molar-refractivity contribution in [1.82, 2.24) is 0 Å². The first-order chi connectivity index (χ1) is 3.33. The fourth-order valence-corrected chi connectivity index (χ4v) is 1.56. The highest BCUT2D eigenvalue weighted by Gasteiger charge is 2.25. The average molecular weight is 118 g/mol. The topological polar surface area (TPSA) is 20.2 Å². The van der Waals surface area contributed by atoms with Gasteiger partial charge in [0.25, 0.3) is 0 Å². The van der Waals surface area contributed by atoms with E-state index in [9.17, 15) is 0 Å². The molecule has 1 fully saturated rings. The standard InChI is InChI=1S/C5H10OS/c1-7-5-2-4(6)3-5/h4-6H,2-3H2,1H3. The van der Waals surface area contributed by atoms with Crippen LogP contribution in [-0.4, -0.2) is 22.7 Å². The van der Waals surface area contributed by atoms with Crippen molar-refractivity contribution in [2.45, 2.75) is 24.2 Å². The van der Waals surface area contributed by atoms with Crippen LogP contribution < -0.4 is 0 Å². The molecule has 1 aliphatic carbocycles. The SMILES string of the molecule is CSC1CC(O)C1. The Morgan fingerprint density at radius 3 is 2.29 bits per heavy atom. The van der Waals surface area contributed by atoms with Crippen molar-refractivity contribution < 1.29 is 5.11 Å². The van der Waals surface area contributed by atoms with Crippen molar-refractivity contribution in [2.24, 2.45) is 0 Å². The van der Waals surface area contributed by atoms with Crippen molar-refractivity contribution in [3.05, 3.63) is 0 Å². The van der Waals surface area contributed by atoms with Gasteiger partial charge in [0.15, 0.2) is 0 Å². The summed E-state index contributed by atoms with van der Waals surface area (Å²) in [5.74, 6) is 0. The van der Waals surface area contributed by atoms with E-state index >= 15 is 0 Å². The molecule has 0 aliphatic heterocycles. The molecular formula is C5H10OS. The van der Waals surface area contributed by atoms with Crippen molar-refractivity contribution in [3.8, 4) is 0 Å². The number of hydrogen-bond donors (Lipinski definition) is 1. The van der Waals surface area contributed by atoms with E-state index < -0.39 is 0 Å². The zero-order valence-corrected chi connectivity index (χ0v) is 5.24. The minimum Gasteiger partial charge on any atom is -0.393 e. The van der Waals surface area contributed by atoms with Crippen LogP contribution in [0.25, 0.3) is 0 Å². The first kappa shape index (κ1) is 5.45. The third-order valence-electron chi connectivity index (χ3n) is 1.40. The first-order valence-corrected chi connectivity index (χ1v) is 3.82. The van der Waals surface area contributed by atoms with E-state index in [1.54, 1.807) is 0 Å². The predicted molar refractivity (Wildman–Crippen MR) is 32.5 cm³/mol. The fraction of sp³-hybridized carbons (Fsp3) is 1.00. The van der Waals surface area contributed by atoms with Gasteiger partial charge >= 0.3 is 0 Å². The van der Waals surface area contributed by atoms with E-state index in [1.165, 1.54) is 0 Å². The molecule has 0 radical (unpaired) electrons. The zero-order valence-electron chi connectivity index (χ0n) is 4.42. The predicted octanol–water partition coefficient (Wildman–Crippen LogP) is 0.873. The smallest absolute Gasteiger partial charge is 0.0561 e. The Balaban J connectivity index is 2.06. The summed E-state index contributed by atoms with van der Waals surface area (Å²) in [5.41, 5.74) is 0. The quantitative estimate of drug-likeness (QED) is 0.551. The van der Waals surface area contributed by atoms with Crippen molar-refractivity contribution in [1.29, 1.82) is 0 Å². The van der Waals surface area contributed by atoms with Crippen molar-refractivity contribution in [3.63, 3.8) is 0 Å². The second-order valence-corrected chi connectivity index (χ2v) is 3.12. The highest BCUT2D eigenvalue weighted by atomic mass is 32.2. The number of rotatable bonds is 1. The minimum atomic E-state index is 0.0254. The lowest BCUT2D eigenvalue weighted by atomic mass is 9.96. The zero-order chi connectivity index (χ0) is 5.28. The van der Waals surface area contributed by atoms with E-state index in [1.807, 2.05) is 11.8 Å². The van der Waals surface area contributed by atoms with Crippen molar-refractivity contribution in [2.75, 3.05) is 6.26 Å². The van der Waals surface area contributed by atoms with Crippen LogP contribution in [0.1, 0.15) is 12.8 Å². The highest BCUT2D eigenvalue weighted by Crippen LogP contribution is 2.29. The summed E-state index contributed by atoms with van der Waals surface area (Å²) >= 11 is 1.86. The van der Waals surface area contributed by atoms with Crippen LogP contribution in [0.4, 0.5) is 0 Å². The van der Waals surface area contributed by atoms with Gasteiger partial charge in [0, 0.05) is 5.25 Å². The van der Waals surface area contributed by atoms with Crippen LogP contribution in [0, 0.1) is 0 Å². The monoisotopic (exact) mass is 118 g/mol. The Hall–Kier alpha value is 0.310. The van der Waals surface area contributed by atoms with Crippen LogP contribution in [0.3, 0.4) is 0 Å². The van der Waals surface area contributed by atoms with Gasteiger partial charge in [-0.05, 0) is 19.1 Å². The molecule has 0 atom stereocenters. The minimum absolute atomic E-state index is 0.0254. The lowest BCUT2D eigenvalue weighted by molar-refractivity contribution is 0.101. The molecule has 1 nitrogen and oxygen atoms in total. The highest BCUT2D eigenvalue weighted by molar-refractivity contribution is 7.99. The van der Waals surface area contributed by atoms with Gasteiger partial charge in [-0.25, -0.2) is 0 Å². The Morgan fingerprint density at radius 2 is 2.14 bits per heavy atom. The van der Waals surface area contributed by atoms with Gasteiger partial charge in [0.2, 0.25) is 0 Å². The fourth-order valence-electron chi connectivity index (χ4n) is 0.730. The molecule has 0 unspecified atom stereocenters. The molecule has 1 rings (SSSR count). The van der Waals surface area contributed by atoms with Gasteiger partial charge in [-0.3, -0.25) is 0 Å². The molecule has 1 aliphatic rings. The largest absolute Gasteiger partial charge is 0.393 e. The summed E-state index contributed by atoms with van der Waals surface area (Å²) in [7, 11) is 0. The molecule has 0 amide bonds.